The molecule has 1 aliphatic heterocycles. The van der Waals surface area contributed by atoms with Crippen molar-refractivity contribution in [3.63, 3.8) is 0 Å². The van der Waals surface area contributed by atoms with E-state index in [1.165, 1.54) is 25.7 Å². The zero-order valence-electron chi connectivity index (χ0n) is 8.28. The molecule has 0 aromatic carbocycles. The lowest BCUT2D eigenvalue weighted by Gasteiger charge is -2.28. The molecule has 14 heavy (non-hydrogen) atoms. The van der Waals surface area contributed by atoms with E-state index in [0.29, 0.717) is 17.9 Å². The van der Waals surface area contributed by atoms with Crippen molar-refractivity contribution in [3.8, 4) is 0 Å². The average Bonchev–Trinajstić information content (AvgIpc) is 2.75. The number of nitrogens with zero attached hydrogens (tertiary/aromatic N) is 3. The normalized spacial score (nSPS) is 28.4. The maximum Gasteiger partial charge on any atom is 0.0304 e. The van der Waals surface area contributed by atoms with Crippen LogP contribution in [0.15, 0.2) is 5.11 Å². The summed E-state index contributed by atoms with van der Waals surface area (Å²) in [5.41, 5.74) is 8.78. The van der Waals surface area contributed by atoms with Crippen molar-refractivity contribution in [2.24, 2.45) is 16.4 Å². The second-order valence-electron chi connectivity index (χ2n) is 4.31. The molecule has 1 aliphatic carbocycles. The van der Waals surface area contributed by atoms with Crippen molar-refractivity contribution < 1.29 is 0 Å². The maximum atomic E-state index is 8.30. The van der Waals surface area contributed by atoms with Gasteiger partial charge < -0.3 is 5.32 Å². The van der Waals surface area contributed by atoms with Crippen LogP contribution in [0, 0.1) is 11.3 Å². The van der Waals surface area contributed by atoms with Gasteiger partial charge in [0.2, 0.25) is 0 Å². The molecule has 1 heterocycles. The molecule has 0 bridgehead atoms. The molecule has 5 heteroatoms. The van der Waals surface area contributed by atoms with Crippen LogP contribution in [0.3, 0.4) is 0 Å². The smallest absolute Gasteiger partial charge is 0.0304 e. The molecule has 2 aliphatic rings. The van der Waals surface area contributed by atoms with E-state index in [2.05, 4.69) is 15.3 Å². The summed E-state index contributed by atoms with van der Waals surface area (Å²) in [6.07, 6.45) is 5.36. The quantitative estimate of drug-likeness (QED) is 0.430. The summed E-state index contributed by atoms with van der Waals surface area (Å²) in [5.74, 6) is 0.589. The highest BCUT2D eigenvalue weighted by Gasteiger charge is 2.43. The molecule has 0 amide bonds. The van der Waals surface area contributed by atoms with Crippen LogP contribution < -0.4 is 5.32 Å². The van der Waals surface area contributed by atoms with Gasteiger partial charge in [-0.05, 0) is 36.3 Å². The van der Waals surface area contributed by atoms with Gasteiger partial charge in [0.15, 0.2) is 0 Å². The fraction of sp³-hybridized carbons (Fsp3) is 1.00. The molecule has 1 unspecified atom stereocenters. The predicted octanol–water partition coefficient (Wildman–Crippen LogP) is 2.50. The highest BCUT2D eigenvalue weighted by molar-refractivity contribution is 5.85. The molecule has 4 nitrogen and oxygen atoms in total. The third-order valence-electron chi connectivity index (χ3n) is 3.70. The third kappa shape index (κ3) is 1.97. The molecule has 0 aromatic rings. The van der Waals surface area contributed by atoms with Gasteiger partial charge in [-0.15, -0.1) is 12.4 Å². The topological polar surface area (TPSA) is 60.8 Å². The Kier molecular flexibility index (Phi) is 4.05. The van der Waals surface area contributed by atoms with E-state index >= 15 is 0 Å². The predicted molar refractivity (Wildman–Crippen MR) is 58.5 cm³/mol. The van der Waals surface area contributed by atoms with Gasteiger partial charge in [-0.3, -0.25) is 0 Å². The van der Waals surface area contributed by atoms with Crippen LogP contribution >= 0.6 is 12.4 Å². The van der Waals surface area contributed by atoms with Crippen molar-refractivity contribution >= 4 is 12.4 Å². The highest BCUT2D eigenvalue weighted by atomic mass is 35.5. The van der Waals surface area contributed by atoms with Gasteiger partial charge in [-0.25, -0.2) is 0 Å². The summed E-state index contributed by atoms with van der Waals surface area (Å²) in [6, 6.07) is 0. The van der Waals surface area contributed by atoms with Crippen LogP contribution in [0.2, 0.25) is 0 Å². The zero-order chi connectivity index (χ0) is 9.15. The number of nitrogens with one attached hydrogen (secondary N) is 1. The molecule has 1 saturated heterocycles. The molecule has 1 spiro atoms. The molecule has 2 rings (SSSR count). The maximum absolute atomic E-state index is 8.30. The number of hydrogen-bond acceptors (Lipinski definition) is 2. The van der Waals surface area contributed by atoms with Crippen LogP contribution in [0.1, 0.15) is 25.7 Å². The molecule has 2 fully saturated rings. The first kappa shape index (κ1) is 11.6. The third-order valence-corrected chi connectivity index (χ3v) is 3.70. The van der Waals surface area contributed by atoms with Crippen molar-refractivity contribution in [3.05, 3.63) is 10.4 Å². The molecule has 1 atom stereocenters. The lowest BCUT2D eigenvalue weighted by atomic mass is 9.77. The summed E-state index contributed by atoms with van der Waals surface area (Å²) in [5, 5.41) is 7.14. The zero-order valence-corrected chi connectivity index (χ0v) is 9.09. The van der Waals surface area contributed by atoms with Gasteiger partial charge in [0, 0.05) is 18.0 Å². The lowest BCUT2D eigenvalue weighted by molar-refractivity contribution is 0.239. The minimum absolute atomic E-state index is 0. The fourth-order valence-corrected chi connectivity index (χ4v) is 2.91. The summed E-state index contributed by atoms with van der Waals surface area (Å²) in [4.78, 5) is 2.85. The van der Waals surface area contributed by atoms with Crippen LogP contribution in [-0.4, -0.2) is 19.6 Å². The first-order chi connectivity index (χ1) is 6.37. The summed E-state index contributed by atoms with van der Waals surface area (Å²) < 4.78 is 0. The Morgan fingerprint density at radius 2 is 2.14 bits per heavy atom. The van der Waals surface area contributed by atoms with Gasteiger partial charge in [-0.1, -0.05) is 18.0 Å². The van der Waals surface area contributed by atoms with E-state index in [0.717, 1.165) is 13.1 Å². The van der Waals surface area contributed by atoms with Crippen molar-refractivity contribution in [2.45, 2.75) is 25.7 Å². The molecule has 80 valence electrons. The molecule has 1 saturated carbocycles. The fourth-order valence-electron chi connectivity index (χ4n) is 2.91. The van der Waals surface area contributed by atoms with Gasteiger partial charge >= 0.3 is 0 Å². The van der Waals surface area contributed by atoms with E-state index in [1.807, 2.05) is 0 Å². The number of hydrogen-bond donors (Lipinski definition) is 1. The molecule has 1 N–H and O–H groups in total. The van der Waals surface area contributed by atoms with E-state index in [9.17, 15) is 0 Å². The highest BCUT2D eigenvalue weighted by Crippen LogP contribution is 2.46. The monoisotopic (exact) mass is 216 g/mol. The number of halogens is 1. The van der Waals surface area contributed by atoms with Crippen LogP contribution in [0.25, 0.3) is 10.4 Å². The minimum Gasteiger partial charge on any atom is -0.316 e. The Balaban J connectivity index is 0.000000980. The molecule has 0 aromatic heterocycles. The Bertz CT molecular complexity index is 225. The SMILES string of the molecule is Cl.[N-]=[N+]=NCC1CNCC12CCCC2. The van der Waals surface area contributed by atoms with Crippen molar-refractivity contribution in [1.29, 1.82) is 0 Å². The lowest BCUT2D eigenvalue weighted by Crippen LogP contribution is -2.28. The van der Waals surface area contributed by atoms with Crippen molar-refractivity contribution in [1.82, 2.24) is 5.32 Å². The minimum atomic E-state index is 0. The second-order valence-corrected chi connectivity index (χ2v) is 4.31. The Hall–Kier alpha value is -0.440. The average molecular weight is 217 g/mol. The largest absolute Gasteiger partial charge is 0.316 e. The van der Waals surface area contributed by atoms with E-state index in [-0.39, 0.29) is 12.4 Å². The summed E-state index contributed by atoms with van der Waals surface area (Å²) >= 11 is 0. The number of rotatable bonds is 2. The Morgan fingerprint density at radius 1 is 1.43 bits per heavy atom. The van der Waals surface area contributed by atoms with Crippen LogP contribution in [-0.2, 0) is 0 Å². The van der Waals surface area contributed by atoms with Crippen LogP contribution in [0.5, 0.6) is 0 Å². The van der Waals surface area contributed by atoms with E-state index in [4.69, 9.17) is 5.53 Å². The van der Waals surface area contributed by atoms with Crippen LogP contribution in [0.4, 0.5) is 0 Å². The molecule has 0 radical (unpaired) electrons. The van der Waals surface area contributed by atoms with E-state index < -0.39 is 0 Å². The van der Waals surface area contributed by atoms with Gasteiger partial charge in [0.1, 0.15) is 0 Å². The van der Waals surface area contributed by atoms with Gasteiger partial charge in [-0.2, -0.15) is 0 Å². The summed E-state index contributed by atoms with van der Waals surface area (Å²) in [6.45, 7) is 2.86. The second kappa shape index (κ2) is 4.87. The van der Waals surface area contributed by atoms with Crippen molar-refractivity contribution in [2.75, 3.05) is 19.6 Å². The standard InChI is InChI=1S/C9H16N4.ClH/c10-13-12-6-8-5-11-7-9(8)3-1-2-4-9;/h8,11H,1-7H2;1H. The van der Waals surface area contributed by atoms with Gasteiger partial charge in [0.25, 0.3) is 0 Å². The molecular weight excluding hydrogens is 200 g/mol. The first-order valence-corrected chi connectivity index (χ1v) is 5.09. The van der Waals surface area contributed by atoms with E-state index in [1.54, 1.807) is 0 Å². The summed E-state index contributed by atoms with van der Waals surface area (Å²) in [7, 11) is 0. The Labute approximate surface area is 90.5 Å². The number of azide groups is 1. The molecular formula is C9H17ClN4. The first-order valence-electron chi connectivity index (χ1n) is 5.09. The Morgan fingerprint density at radius 3 is 2.79 bits per heavy atom. The van der Waals surface area contributed by atoms with Gasteiger partial charge in [0.05, 0.1) is 0 Å².